The molecule has 1 amide bonds. The Morgan fingerprint density at radius 3 is 3.00 bits per heavy atom. The van der Waals surface area contributed by atoms with E-state index in [9.17, 15) is 4.79 Å². The second kappa shape index (κ2) is 5.14. The quantitative estimate of drug-likeness (QED) is 0.353. The number of ether oxygens (including phenoxy) is 2. The molecule has 0 radical (unpaired) electrons. The Labute approximate surface area is 104 Å². The van der Waals surface area contributed by atoms with E-state index in [1.54, 1.807) is 18.4 Å². The van der Waals surface area contributed by atoms with E-state index in [0.29, 0.717) is 12.8 Å². The number of hydrogen-bond donors (Lipinski definition) is 2. The van der Waals surface area contributed by atoms with Crippen molar-refractivity contribution >= 4 is 17.2 Å². The minimum Gasteiger partial charge on any atom is -0.359 e. The van der Waals surface area contributed by atoms with Crippen molar-refractivity contribution in [3.8, 4) is 0 Å². The summed E-state index contributed by atoms with van der Waals surface area (Å²) in [6.07, 6.45) is 1.37. The lowest BCUT2D eigenvalue weighted by Gasteiger charge is -2.44. The summed E-state index contributed by atoms with van der Waals surface area (Å²) in [7, 11) is 1.58. The van der Waals surface area contributed by atoms with Crippen LogP contribution in [-0.4, -0.2) is 25.9 Å². The molecule has 3 N–H and O–H groups in total. The van der Waals surface area contributed by atoms with Crippen molar-refractivity contribution in [3.05, 3.63) is 22.4 Å². The molecule has 1 aliphatic rings. The van der Waals surface area contributed by atoms with Crippen LogP contribution in [-0.2, 0) is 19.7 Å². The number of carbonyl (C=O) groups excluding carboxylic acids is 1. The number of carbonyl (C=O) groups is 1. The maximum Gasteiger partial charge on any atom is 0.245 e. The zero-order valence-corrected chi connectivity index (χ0v) is 10.5. The molecule has 0 atom stereocenters. The van der Waals surface area contributed by atoms with E-state index in [-0.39, 0.29) is 18.8 Å². The first-order valence-corrected chi connectivity index (χ1v) is 6.26. The second-order valence-electron chi connectivity index (χ2n) is 4.14. The fraction of sp³-hybridized carbons (Fsp3) is 0.545. The average molecular weight is 256 g/mol. The van der Waals surface area contributed by atoms with Gasteiger partial charge >= 0.3 is 0 Å². The molecular weight excluding hydrogens is 240 g/mol. The summed E-state index contributed by atoms with van der Waals surface area (Å²) < 4.78 is 10.3. The predicted molar refractivity (Wildman–Crippen MR) is 64.3 cm³/mol. The van der Waals surface area contributed by atoms with Gasteiger partial charge in [-0.15, -0.1) is 11.3 Å². The van der Waals surface area contributed by atoms with E-state index >= 15 is 0 Å². The van der Waals surface area contributed by atoms with Crippen molar-refractivity contribution < 1.29 is 14.3 Å². The minimum atomic E-state index is -0.513. The summed E-state index contributed by atoms with van der Waals surface area (Å²) in [5.41, 5.74) is 1.74. The number of nitrogens with one attached hydrogen (secondary N) is 1. The van der Waals surface area contributed by atoms with E-state index in [1.807, 2.05) is 17.5 Å². The number of methoxy groups -OCH3 is 1. The fourth-order valence-electron chi connectivity index (χ4n) is 2.19. The Hall–Kier alpha value is -0.950. The molecule has 5 nitrogen and oxygen atoms in total. The third kappa shape index (κ3) is 2.21. The summed E-state index contributed by atoms with van der Waals surface area (Å²) in [6.45, 7) is 0.259. The number of thiophene rings is 1. The van der Waals surface area contributed by atoms with Gasteiger partial charge in [-0.25, -0.2) is 5.84 Å². The molecule has 6 heteroatoms. The Kier molecular flexibility index (Phi) is 3.78. The van der Waals surface area contributed by atoms with Crippen LogP contribution in [0.4, 0.5) is 0 Å². The van der Waals surface area contributed by atoms with Gasteiger partial charge in [-0.2, -0.15) is 0 Å². The van der Waals surface area contributed by atoms with E-state index in [2.05, 4.69) is 5.43 Å². The molecule has 2 rings (SSSR count). The lowest BCUT2D eigenvalue weighted by atomic mass is 9.65. The van der Waals surface area contributed by atoms with Gasteiger partial charge in [0.1, 0.15) is 6.79 Å². The summed E-state index contributed by atoms with van der Waals surface area (Å²) >= 11 is 1.57. The van der Waals surface area contributed by atoms with Crippen molar-refractivity contribution in [1.82, 2.24) is 5.43 Å². The summed E-state index contributed by atoms with van der Waals surface area (Å²) in [4.78, 5) is 13.0. The van der Waals surface area contributed by atoms with Crippen LogP contribution in [0.25, 0.3) is 0 Å². The number of rotatable bonds is 5. The molecule has 0 aromatic carbocycles. The highest BCUT2D eigenvalue weighted by atomic mass is 32.1. The van der Waals surface area contributed by atoms with Gasteiger partial charge in [0.2, 0.25) is 5.91 Å². The van der Waals surface area contributed by atoms with E-state index in [4.69, 9.17) is 15.3 Å². The lowest BCUT2D eigenvalue weighted by Crippen LogP contribution is -2.57. The van der Waals surface area contributed by atoms with E-state index in [1.165, 1.54) is 0 Å². The maximum atomic E-state index is 11.9. The summed E-state index contributed by atoms with van der Waals surface area (Å²) in [5, 5.41) is 1.96. The molecule has 0 spiro atoms. The zero-order valence-electron chi connectivity index (χ0n) is 9.64. The van der Waals surface area contributed by atoms with Crippen LogP contribution in [0.15, 0.2) is 17.5 Å². The molecule has 0 saturated heterocycles. The van der Waals surface area contributed by atoms with Gasteiger partial charge in [-0.1, -0.05) is 6.07 Å². The van der Waals surface area contributed by atoms with E-state index in [0.717, 1.165) is 4.88 Å². The number of nitrogens with two attached hydrogens (primary N) is 1. The molecule has 17 heavy (non-hydrogen) atoms. The number of amides is 1. The third-order valence-electron chi connectivity index (χ3n) is 3.13. The van der Waals surface area contributed by atoms with Crippen LogP contribution < -0.4 is 11.3 Å². The first-order chi connectivity index (χ1) is 8.23. The standard InChI is InChI=1S/C11H16N2O3S/c1-15-7-16-8-5-11(6-8,10(14)13-12)9-3-2-4-17-9/h2-4,8H,5-7,12H2,1H3,(H,13,14). The van der Waals surface area contributed by atoms with Crippen LogP contribution in [0, 0.1) is 0 Å². The smallest absolute Gasteiger partial charge is 0.245 e. The fourth-order valence-corrected chi connectivity index (χ4v) is 3.13. The molecule has 1 aromatic heterocycles. The van der Waals surface area contributed by atoms with Crippen molar-refractivity contribution in [2.45, 2.75) is 24.4 Å². The molecule has 1 fully saturated rings. The van der Waals surface area contributed by atoms with Gasteiger partial charge in [0, 0.05) is 12.0 Å². The highest BCUT2D eigenvalue weighted by Crippen LogP contribution is 2.47. The van der Waals surface area contributed by atoms with Gasteiger partial charge in [-0.05, 0) is 24.3 Å². The van der Waals surface area contributed by atoms with Crippen LogP contribution >= 0.6 is 11.3 Å². The average Bonchev–Trinajstić information content (AvgIpc) is 2.81. The van der Waals surface area contributed by atoms with Gasteiger partial charge in [0.15, 0.2) is 0 Å². The van der Waals surface area contributed by atoms with Crippen molar-refractivity contribution in [3.63, 3.8) is 0 Å². The van der Waals surface area contributed by atoms with Crippen LogP contribution in [0.1, 0.15) is 17.7 Å². The Morgan fingerprint density at radius 1 is 1.71 bits per heavy atom. The molecule has 94 valence electrons. The van der Waals surface area contributed by atoms with Gasteiger partial charge < -0.3 is 9.47 Å². The maximum absolute atomic E-state index is 11.9. The van der Waals surface area contributed by atoms with Crippen molar-refractivity contribution in [1.29, 1.82) is 0 Å². The number of hydrazine groups is 1. The SMILES string of the molecule is COCOC1CC(C(=O)NN)(c2cccs2)C1. The molecule has 1 saturated carbocycles. The predicted octanol–water partition coefficient (Wildman–Crippen LogP) is 0.759. The second-order valence-corrected chi connectivity index (χ2v) is 5.08. The molecule has 1 aliphatic carbocycles. The first-order valence-electron chi connectivity index (χ1n) is 5.38. The molecule has 0 unspecified atom stereocenters. The topological polar surface area (TPSA) is 73.6 Å². The molecule has 1 aromatic rings. The normalized spacial score (nSPS) is 27.5. The minimum absolute atomic E-state index is 0.0642. The van der Waals surface area contributed by atoms with Gasteiger partial charge in [0.05, 0.1) is 11.5 Å². The van der Waals surface area contributed by atoms with Gasteiger partial charge in [-0.3, -0.25) is 10.2 Å². The Bertz CT molecular complexity index is 374. The lowest BCUT2D eigenvalue weighted by molar-refractivity contribution is -0.149. The van der Waals surface area contributed by atoms with Crippen LogP contribution in [0.3, 0.4) is 0 Å². The third-order valence-corrected chi connectivity index (χ3v) is 4.21. The van der Waals surface area contributed by atoms with Crippen molar-refractivity contribution in [2.75, 3.05) is 13.9 Å². The van der Waals surface area contributed by atoms with Crippen LogP contribution in [0.5, 0.6) is 0 Å². The van der Waals surface area contributed by atoms with Crippen molar-refractivity contribution in [2.24, 2.45) is 5.84 Å². The highest BCUT2D eigenvalue weighted by Gasteiger charge is 2.52. The molecular formula is C11H16N2O3S. The highest BCUT2D eigenvalue weighted by molar-refractivity contribution is 7.10. The monoisotopic (exact) mass is 256 g/mol. The molecule has 0 aliphatic heterocycles. The zero-order chi connectivity index (χ0) is 12.3. The van der Waals surface area contributed by atoms with Crippen LogP contribution in [0.2, 0.25) is 0 Å². The summed E-state index contributed by atoms with van der Waals surface area (Å²) in [6, 6.07) is 3.90. The Balaban J connectivity index is 2.06. The largest absolute Gasteiger partial charge is 0.359 e. The van der Waals surface area contributed by atoms with Gasteiger partial charge in [0.25, 0.3) is 0 Å². The molecule has 0 bridgehead atoms. The van der Waals surface area contributed by atoms with E-state index < -0.39 is 5.41 Å². The molecule has 1 heterocycles. The Morgan fingerprint density at radius 2 is 2.47 bits per heavy atom. The summed E-state index contributed by atoms with van der Waals surface area (Å²) in [5.74, 6) is 5.12. The first kappa shape index (κ1) is 12.5. The number of hydrogen-bond acceptors (Lipinski definition) is 5.